The molecule has 1 atom stereocenters. The van der Waals surface area contributed by atoms with Crippen LogP contribution in [0.5, 0.6) is 0 Å². The molecule has 3 heterocycles. The number of hydrogen-bond donors (Lipinski definition) is 2. The summed E-state index contributed by atoms with van der Waals surface area (Å²) in [6, 6.07) is 2.16. The number of nitrogens with zero attached hydrogens (tertiary/aromatic N) is 4. The molecule has 1 fully saturated rings. The van der Waals surface area contributed by atoms with E-state index in [0.717, 1.165) is 56.1 Å². The maximum Gasteiger partial charge on any atom is 0.134 e. The molecule has 0 bridgehead atoms. The van der Waals surface area contributed by atoms with Gasteiger partial charge < -0.3 is 15.3 Å². The molecule has 1 unspecified atom stereocenters. The van der Waals surface area contributed by atoms with Gasteiger partial charge in [-0.2, -0.15) is 0 Å². The highest BCUT2D eigenvalue weighted by molar-refractivity contribution is 7.09. The molecule has 1 saturated heterocycles. The Kier molecular flexibility index (Phi) is 5.40. The number of aliphatic hydroxyl groups excluding tert-OH is 1. The summed E-state index contributed by atoms with van der Waals surface area (Å²) < 4.78 is 0. The molecule has 1 aliphatic heterocycles. The van der Waals surface area contributed by atoms with Gasteiger partial charge in [0.05, 0.1) is 17.7 Å². The van der Waals surface area contributed by atoms with E-state index in [1.54, 1.807) is 17.7 Å². The van der Waals surface area contributed by atoms with Gasteiger partial charge in [-0.15, -0.1) is 11.3 Å². The zero-order valence-electron chi connectivity index (χ0n) is 13.4. The fourth-order valence-electron chi connectivity index (χ4n) is 2.90. The van der Waals surface area contributed by atoms with Crippen LogP contribution < -0.4 is 10.2 Å². The molecule has 6 nitrogen and oxygen atoms in total. The number of nitrogens with one attached hydrogen (secondary N) is 1. The van der Waals surface area contributed by atoms with Crippen molar-refractivity contribution in [2.24, 2.45) is 0 Å². The Morgan fingerprint density at radius 3 is 3.13 bits per heavy atom. The first-order valence-corrected chi connectivity index (χ1v) is 8.98. The van der Waals surface area contributed by atoms with Crippen molar-refractivity contribution in [3.63, 3.8) is 0 Å². The SMILES string of the molecule is Cc1csc(CCCNc2cc(N3CCCC3CO)ncn2)n1. The van der Waals surface area contributed by atoms with E-state index < -0.39 is 0 Å². The van der Waals surface area contributed by atoms with E-state index in [2.05, 4.69) is 30.5 Å². The molecule has 7 heteroatoms. The summed E-state index contributed by atoms with van der Waals surface area (Å²) in [4.78, 5) is 15.3. The van der Waals surface area contributed by atoms with Gasteiger partial charge in [0.25, 0.3) is 0 Å². The second-order valence-electron chi connectivity index (χ2n) is 5.85. The maximum absolute atomic E-state index is 9.44. The third kappa shape index (κ3) is 4.17. The predicted molar refractivity (Wildman–Crippen MR) is 93.1 cm³/mol. The zero-order chi connectivity index (χ0) is 16.1. The number of aromatic nitrogens is 3. The first-order valence-electron chi connectivity index (χ1n) is 8.10. The fraction of sp³-hybridized carbons (Fsp3) is 0.562. The van der Waals surface area contributed by atoms with Gasteiger partial charge in [-0.1, -0.05) is 0 Å². The lowest BCUT2D eigenvalue weighted by Gasteiger charge is -2.24. The lowest BCUT2D eigenvalue weighted by molar-refractivity contribution is 0.266. The van der Waals surface area contributed by atoms with E-state index >= 15 is 0 Å². The van der Waals surface area contributed by atoms with Crippen LogP contribution in [0.25, 0.3) is 0 Å². The summed E-state index contributed by atoms with van der Waals surface area (Å²) in [6.45, 7) is 4.02. The normalized spacial score (nSPS) is 17.7. The Morgan fingerprint density at radius 1 is 1.43 bits per heavy atom. The Morgan fingerprint density at radius 2 is 2.35 bits per heavy atom. The number of thiazole rings is 1. The van der Waals surface area contributed by atoms with Gasteiger partial charge in [0.1, 0.15) is 18.0 Å². The molecule has 23 heavy (non-hydrogen) atoms. The van der Waals surface area contributed by atoms with Crippen LogP contribution >= 0.6 is 11.3 Å². The standard InChI is InChI=1S/C16H23N5OS/c1-12-10-23-16(20-12)5-2-6-17-14-8-15(19-11-18-14)21-7-3-4-13(21)9-22/h8,10-11,13,22H,2-7,9H2,1H3,(H,17,18,19). The Balaban J connectivity index is 1.51. The first kappa shape index (κ1) is 16.1. The van der Waals surface area contributed by atoms with Gasteiger partial charge in [0, 0.05) is 36.7 Å². The minimum Gasteiger partial charge on any atom is -0.394 e. The van der Waals surface area contributed by atoms with Crippen LogP contribution in [0.2, 0.25) is 0 Å². The maximum atomic E-state index is 9.44. The fourth-order valence-corrected chi connectivity index (χ4v) is 3.72. The van der Waals surface area contributed by atoms with E-state index in [1.807, 2.05) is 13.0 Å². The zero-order valence-corrected chi connectivity index (χ0v) is 14.2. The highest BCUT2D eigenvalue weighted by Crippen LogP contribution is 2.24. The van der Waals surface area contributed by atoms with Crippen LogP contribution in [0.4, 0.5) is 11.6 Å². The molecule has 2 N–H and O–H groups in total. The molecular weight excluding hydrogens is 310 g/mol. The van der Waals surface area contributed by atoms with E-state index in [-0.39, 0.29) is 12.6 Å². The Bertz CT molecular complexity index is 632. The molecule has 0 amide bonds. The summed E-state index contributed by atoms with van der Waals surface area (Å²) in [5, 5.41) is 16.1. The highest BCUT2D eigenvalue weighted by Gasteiger charge is 2.25. The van der Waals surface area contributed by atoms with E-state index in [4.69, 9.17) is 0 Å². The third-order valence-corrected chi connectivity index (χ3v) is 5.10. The van der Waals surface area contributed by atoms with Crippen LogP contribution in [-0.4, -0.2) is 45.8 Å². The van der Waals surface area contributed by atoms with Gasteiger partial charge in [0.2, 0.25) is 0 Å². The molecule has 124 valence electrons. The largest absolute Gasteiger partial charge is 0.394 e. The summed E-state index contributed by atoms with van der Waals surface area (Å²) >= 11 is 1.72. The van der Waals surface area contributed by atoms with E-state index in [9.17, 15) is 5.11 Å². The number of aryl methyl sites for hydroxylation is 2. The molecule has 1 aliphatic rings. The average molecular weight is 333 g/mol. The predicted octanol–water partition coefficient (Wildman–Crippen LogP) is 2.25. The van der Waals surface area contributed by atoms with Crippen molar-refractivity contribution in [1.29, 1.82) is 0 Å². The van der Waals surface area contributed by atoms with Gasteiger partial charge in [0.15, 0.2) is 0 Å². The van der Waals surface area contributed by atoms with Crippen LogP contribution in [-0.2, 0) is 6.42 Å². The van der Waals surface area contributed by atoms with Crippen LogP contribution in [0.1, 0.15) is 30.0 Å². The van der Waals surface area contributed by atoms with Crippen molar-refractivity contribution in [2.45, 2.75) is 38.6 Å². The van der Waals surface area contributed by atoms with Gasteiger partial charge in [-0.25, -0.2) is 15.0 Å². The monoisotopic (exact) mass is 333 g/mol. The lowest BCUT2D eigenvalue weighted by Crippen LogP contribution is -2.32. The van der Waals surface area contributed by atoms with Gasteiger partial charge >= 0.3 is 0 Å². The van der Waals surface area contributed by atoms with Crippen LogP contribution in [0.15, 0.2) is 17.8 Å². The smallest absolute Gasteiger partial charge is 0.134 e. The second-order valence-corrected chi connectivity index (χ2v) is 6.79. The van der Waals surface area contributed by atoms with Crippen molar-refractivity contribution in [3.8, 4) is 0 Å². The van der Waals surface area contributed by atoms with Crippen molar-refractivity contribution in [1.82, 2.24) is 15.0 Å². The molecule has 0 saturated carbocycles. The minimum atomic E-state index is 0.181. The molecular formula is C16H23N5OS. The second kappa shape index (κ2) is 7.70. The van der Waals surface area contributed by atoms with Gasteiger partial charge in [-0.3, -0.25) is 0 Å². The Labute approximate surface area is 140 Å². The summed E-state index contributed by atoms with van der Waals surface area (Å²) in [5.74, 6) is 1.74. The summed E-state index contributed by atoms with van der Waals surface area (Å²) in [5.41, 5.74) is 1.10. The van der Waals surface area contributed by atoms with Gasteiger partial charge in [-0.05, 0) is 26.2 Å². The van der Waals surface area contributed by atoms with Crippen molar-refractivity contribution < 1.29 is 5.11 Å². The molecule has 0 aliphatic carbocycles. The molecule has 0 radical (unpaired) electrons. The number of anilines is 2. The van der Waals surface area contributed by atoms with E-state index in [0.29, 0.717) is 0 Å². The first-order chi connectivity index (χ1) is 11.3. The number of rotatable bonds is 7. The highest BCUT2D eigenvalue weighted by atomic mass is 32.1. The van der Waals surface area contributed by atoms with Crippen molar-refractivity contribution in [2.75, 3.05) is 29.9 Å². The molecule has 2 aromatic heterocycles. The number of aliphatic hydroxyl groups is 1. The molecule has 2 aromatic rings. The molecule has 3 rings (SSSR count). The molecule has 0 spiro atoms. The van der Waals surface area contributed by atoms with E-state index in [1.165, 1.54) is 5.01 Å². The quantitative estimate of drug-likeness (QED) is 0.757. The van der Waals surface area contributed by atoms with Crippen molar-refractivity contribution in [3.05, 3.63) is 28.5 Å². The molecule has 0 aromatic carbocycles. The third-order valence-electron chi connectivity index (χ3n) is 4.07. The van der Waals surface area contributed by atoms with Crippen LogP contribution in [0.3, 0.4) is 0 Å². The Hall–Kier alpha value is -1.73. The van der Waals surface area contributed by atoms with Crippen molar-refractivity contribution >= 4 is 23.0 Å². The van der Waals surface area contributed by atoms with Crippen LogP contribution in [0, 0.1) is 6.92 Å². The summed E-state index contributed by atoms with van der Waals surface area (Å²) in [7, 11) is 0. The average Bonchev–Trinajstić information content (AvgIpc) is 3.20. The minimum absolute atomic E-state index is 0.181. The number of hydrogen-bond acceptors (Lipinski definition) is 7. The summed E-state index contributed by atoms with van der Waals surface area (Å²) in [6.07, 6.45) is 5.73. The lowest BCUT2D eigenvalue weighted by atomic mass is 10.2. The topological polar surface area (TPSA) is 74.2 Å².